The van der Waals surface area contributed by atoms with Crippen LogP contribution in [0.1, 0.15) is 11.5 Å². The third-order valence-electron chi connectivity index (χ3n) is 5.77. The Labute approximate surface area is 184 Å². The van der Waals surface area contributed by atoms with Crippen molar-refractivity contribution in [3.05, 3.63) is 70.3 Å². The van der Waals surface area contributed by atoms with Gasteiger partial charge < -0.3 is 10.6 Å². The first kappa shape index (κ1) is 19.3. The number of hydrogen-bond donors (Lipinski definition) is 2. The van der Waals surface area contributed by atoms with Gasteiger partial charge in [0.15, 0.2) is 0 Å². The van der Waals surface area contributed by atoms with Gasteiger partial charge in [-0.25, -0.2) is 9.97 Å². The van der Waals surface area contributed by atoms with Crippen molar-refractivity contribution in [3.8, 4) is 11.3 Å². The van der Waals surface area contributed by atoms with Gasteiger partial charge in [-0.15, -0.1) is 0 Å². The summed E-state index contributed by atoms with van der Waals surface area (Å²) in [5, 5.41) is 8.33. The van der Waals surface area contributed by atoms with Crippen LogP contribution in [0, 0.1) is 5.92 Å². The minimum absolute atomic E-state index is 0.366. The maximum absolute atomic E-state index is 6.38. The quantitative estimate of drug-likeness (QED) is 0.489. The summed E-state index contributed by atoms with van der Waals surface area (Å²) in [6.07, 6.45) is 1.79. The lowest BCUT2D eigenvalue weighted by atomic mass is 9.89. The molecule has 6 nitrogen and oxygen atoms in total. The fourth-order valence-electron chi connectivity index (χ4n) is 4.20. The number of nitrogens with two attached hydrogens (primary N) is 1. The molecule has 3 heterocycles. The molecule has 2 atom stereocenters. The van der Waals surface area contributed by atoms with E-state index in [2.05, 4.69) is 44.3 Å². The first-order valence-corrected chi connectivity index (χ1v) is 10.6. The maximum atomic E-state index is 6.38. The third-order valence-corrected chi connectivity index (χ3v) is 6.59. The molecule has 1 aliphatic heterocycles. The zero-order valence-electron chi connectivity index (χ0n) is 16.1. The molecule has 4 aromatic rings. The molecular weight excluding hydrogens is 419 g/mol. The minimum Gasteiger partial charge on any atom is -0.354 e. The average Bonchev–Trinajstić information content (AvgIpc) is 3.40. The maximum Gasteiger partial charge on any atom is 0.202 e. The van der Waals surface area contributed by atoms with E-state index >= 15 is 0 Å². The molecule has 0 bridgehead atoms. The topological polar surface area (TPSA) is 83.7 Å². The van der Waals surface area contributed by atoms with Gasteiger partial charge in [-0.2, -0.15) is 5.10 Å². The van der Waals surface area contributed by atoms with Crippen LogP contribution in [0.15, 0.2) is 54.7 Å². The van der Waals surface area contributed by atoms with E-state index in [1.54, 1.807) is 12.3 Å². The van der Waals surface area contributed by atoms with Gasteiger partial charge in [-0.3, -0.25) is 5.10 Å². The van der Waals surface area contributed by atoms with E-state index in [-0.39, 0.29) is 0 Å². The summed E-state index contributed by atoms with van der Waals surface area (Å²) < 4.78 is 0. The Morgan fingerprint density at radius 2 is 1.90 bits per heavy atom. The molecule has 1 saturated heterocycles. The molecule has 0 radical (unpaired) electrons. The smallest absolute Gasteiger partial charge is 0.202 e. The summed E-state index contributed by atoms with van der Waals surface area (Å²) in [6, 6.07) is 16.0. The molecule has 2 aromatic heterocycles. The van der Waals surface area contributed by atoms with Gasteiger partial charge in [0.05, 0.1) is 21.9 Å². The summed E-state index contributed by atoms with van der Waals surface area (Å²) >= 11 is 12.5. The van der Waals surface area contributed by atoms with E-state index in [1.807, 2.05) is 18.2 Å². The molecule has 152 valence electrons. The van der Waals surface area contributed by atoms with E-state index in [4.69, 9.17) is 33.9 Å². The lowest BCUT2D eigenvalue weighted by Gasteiger charge is -2.17. The number of halogens is 2. The molecule has 8 heteroatoms. The zero-order valence-corrected chi connectivity index (χ0v) is 17.6. The van der Waals surface area contributed by atoms with Crippen molar-refractivity contribution < 1.29 is 0 Å². The van der Waals surface area contributed by atoms with E-state index in [0.717, 1.165) is 24.5 Å². The summed E-state index contributed by atoms with van der Waals surface area (Å²) in [7, 11) is 0. The van der Waals surface area contributed by atoms with Crippen LogP contribution in [-0.2, 0) is 0 Å². The Hall–Kier alpha value is -2.67. The molecule has 2 aromatic carbocycles. The van der Waals surface area contributed by atoms with Gasteiger partial charge in [0, 0.05) is 24.6 Å². The van der Waals surface area contributed by atoms with Crippen molar-refractivity contribution in [1.29, 1.82) is 0 Å². The number of nitrogens with zero attached hydrogens (tertiary/aromatic N) is 4. The van der Waals surface area contributed by atoms with Gasteiger partial charge in [0.2, 0.25) is 5.65 Å². The monoisotopic (exact) mass is 438 g/mol. The first-order valence-electron chi connectivity index (χ1n) is 9.81. The molecule has 0 amide bonds. The number of rotatable bonds is 4. The standard InChI is InChI=1S/C22H20Cl2N6/c23-17-8-4-7-15(19(17)24)20-21-22(29-28-20)27-18(10-26-21)30-11-14(9-25)16(12-30)13-5-2-1-3-6-13/h1-8,10,14,16H,9,11-12,25H2,(H,27,28,29)/t14-,16-/m1/s1. The van der Waals surface area contributed by atoms with Crippen molar-refractivity contribution in [2.45, 2.75) is 5.92 Å². The van der Waals surface area contributed by atoms with Crippen molar-refractivity contribution in [3.63, 3.8) is 0 Å². The van der Waals surface area contributed by atoms with Crippen molar-refractivity contribution >= 4 is 40.2 Å². The SMILES string of the molecule is NC[C@@H]1CN(c2cnc3c(-c4cccc(Cl)c4Cl)[nH]nc3n2)C[C@@H]1c1ccccc1. The fourth-order valence-corrected chi connectivity index (χ4v) is 4.59. The third kappa shape index (κ3) is 3.31. The highest BCUT2D eigenvalue weighted by Gasteiger charge is 2.34. The number of aromatic amines is 1. The lowest BCUT2D eigenvalue weighted by Crippen LogP contribution is -2.23. The Morgan fingerprint density at radius 1 is 1.07 bits per heavy atom. The second kappa shape index (κ2) is 7.87. The van der Waals surface area contributed by atoms with Crippen LogP contribution in [0.25, 0.3) is 22.4 Å². The van der Waals surface area contributed by atoms with Crippen LogP contribution in [0.3, 0.4) is 0 Å². The van der Waals surface area contributed by atoms with Crippen LogP contribution in [0.5, 0.6) is 0 Å². The fraction of sp³-hybridized carbons (Fsp3) is 0.227. The molecule has 0 saturated carbocycles. The highest BCUT2D eigenvalue weighted by molar-refractivity contribution is 6.43. The van der Waals surface area contributed by atoms with Crippen LogP contribution in [-0.4, -0.2) is 39.8 Å². The number of H-pyrrole nitrogens is 1. The molecule has 1 aliphatic rings. The van der Waals surface area contributed by atoms with Crippen molar-refractivity contribution in [2.24, 2.45) is 11.7 Å². The molecule has 5 rings (SSSR count). The normalized spacial score (nSPS) is 19.0. The molecule has 1 fully saturated rings. The molecule has 0 spiro atoms. The van der Waals surface area contributed by atoms with Crippen LogP contribution >= 0.6 is 23.2 Å². The van der Waals surface area contributed by atoms with E-state index in [1.165, 1.54) is 5.56 Å². The van der Waals surface area contributed by atoms with Crippen molar-refractivity contribution in [2.75, 3.05) is 24.5 Å². The Bertz CT molecular complexity index is 1190. The molecule has 3 N–H and O–H groups in total. The summed E-state index contributed by atoms with van der Waals surface area (Å²) in [5.41, 5.74) is 10.1. The highest BCUT2D eigenvalue weighted by atomic mass is 35.5. The number of fused-ring (bicyclic) bond motifs is 1. The predicted octanol–water partition coefficient (Wildman–Crippen LogP) is 4.51. The first-order chi connectivity index (χ1) is 14.7. The second-order valence-corrected chi connectivity index (χ2v) is 8.30. The Morgan fingerprint density at radius 3 is 2.70 bits per heavy atom. The average molecular weight is 439 g/mol. The van der Waals surface area contributed by atoms with E-state index < -0.39 is 0 Å². The van der Waals surface area contributed by atoms with Gasteiger partial charge in [-0.1, -0.05) is 65.7 Å². The van der Waals surface area contributed by atoms with Crippen LogP contribution < -0.4 is 10.6 Å². The number of aromatic nitrogens is 4. The van der Waals surface area contributed by atoms with Gasteiger partial charge in [-0.05, 0) is 24.1 Å². The number of hydrogen-bond acceptors (Lipinski definition) is 5. The van der Waals surface area contributed by atoms with Crippen LogP contribution in [0.4, 0.5) is 5.82 Å². The minimum atomic E-state index is 0.366. The summed E-state index contributed by atoms with van der Waals surface area (Å²) in [4.78, 5) is 11.6. The van der Waals surface area contributed by atoms with Gasteiger partial charge in [0.1, 0.15) is 11.3 Å². The van der Waals surface area contributed by atoms with E-state index in [9.17, 15) is 0 Å². The Kier molecular flexibility index (Phi) is 5.06. The number of benzene rings is 2. The molecular formula is C22H20Cl2N6. The highest BCUT2D eigenvalue weighted by Crippen LogP contribution is 2.37. The van der Waals surface area contributed by atoms with Crippen molar-refractivity contribution in [1.82, 2.24) is 20.2 Å². The van der Waals surface area contributed by atoms with Gasteiger partial charge >= 0.3 is 0 Å². The predicted molar refractivity (Wildman–Crippen MR) is 121 cm³/mol. The lowest BCUT2D eigenvalue weighted by molar-refractivity contribution is 0.532. The second-order valence-electron chi connectivity index (χ2n) is 7.52. The number of anilines is 1. The molecule has 0 aliphatic carbocycles. The van der Waals surface area contributed by atoms with E-state index in [0.29, 0.717) is 45.3 Å². The largest absolute Gasteiger partial charge is 0.354 e. The van der Waals surface area contributed by atoms with Gasteiger partial charge in [0.25, 0.3) is 0 Å². The summed E-state index contributed by atoms with van der Waals surface area (Å²) in [5.74, 6) is 1.54. The molecule has 0 unspecified atom stereocenters. The molecule has 30 heavy (non-hydrogen) atoms. The summed E-state index contributed by atoms with van der Waals surface area (Å²) in [6.45, 7) is 2.32. The number of nitrogens with one attached hydrogen (secondary N) is 1. The zero-order chi connectivity index (χ0) is 20.7. The van der Waals surface area contributed by atoms with Crippen LogP contribution in [0.2, 0.25) is 10.0 Å². The Balaban J connectivity index is 1.47.